The first-order valence-electron chi connectivity index (χ1n) is 4.30. The molecule has 0 aliphatic rings. The van der Waals surface area contributed by atoms with E-state index >= 15 is 0 Å². The van der Waals surface area contributed by atoms with Gasteiger partial charge in [-0.3, -0.25) is 4.79 Å². The van der Waals surface area contributed by atoms with E-state index in [9.17, 15) is 24.6 Å². The minimum atomic E-state index is -2.24. The van der Waals surface area contributed by atoms with E-state index in [2.05, 4.69) is 0 Å². The number of amides is 1. The summed E-state index contributed by atoms with van der Waals surface area (Å²) in [5.41, 5.74) is 0. The Balaban J connectivity index is 4.60. The lowest BCUT2D eigenvalue weighted by Crippen LogP contribution is -2.53. The Morgan fingerprint density at radius 1 is 1.19 bits per heavy atom. The van der Waals surface area contributed by atoms with Crippen LogP contribution in [0.5, 0.6) is 0 Å². The Morgan fingerprint density at radius 3 is 2.00 bits per heavy atom. The Kier molecular flexibility index (Phi) is 5.57. The van der Waals surface area contributed by atoms with Gasteiger partial charge in [-0.1, -0.05) is 0 Å². The van der Waals surface area contributed by atoms with Crippen molar-refractivity contribution in [2.24, 2.45) is 0 Å². The van der Waals surface area contributed by atoms with Crippen molar-refractivity contribution in [1.82, 2.24) is 5.32 Å². The number of aliphatic hydroxyl groups excluding tert-OH is 3. The van der Waals surface area contributed by atoms with Gasteiger partial charge in [0.25, 0.3) is 0 Å². The van der Waals surface area contributed by atoms with Crippen LogP contribution in [0, 0.1) is 0 Å². The number of carboxylic acid groups (broad SMARTS) is 1. The normalized spacial score (nSPS) is 18.0. The van der Waals surface area contributed by atoms with Crippen molar-refractivity contribution < 1.29 is 34.8 Å². The number of carboxylic acids is 1. The maximum absolute atomic E-state index is 10.6. The SMILES string of the molecule is CC(=O)N[C@H](C=O)[C@@H](O)[C@H](O)[C@@H](O)C(=O)O. The van der Waals surface area contributed by atoms with Gasteiger partial charge in [-0.2, -0.15) is 0 Å². The van der Waals surface area contributed by atoms with E-state index in [0.29, 0.717) is 0 Å². The highest BCUT2D eigenvalue weighted by molar-refractivity contribution is 5.78. The molecule has 16 heavy (non-hydrogen) atoms. The van der Waals surface area contributed by atoms with E-state index < -0.39 is 36.2 Å². The highest BCUT2D eigenvalue weighted by Crippen LogP contribution is 2.04. The van der Waals surface area contributed by atoms with Gasteiger partial charge in [0.1, 0.15) is 24.5 Å². The van der Waals surface area contributed by atoms with Crippen molar-refractivity contribution in [3.05, 3.63) is 0 Å². The molecular formula is C8H13NO7. The zero-order chi connectivity index (χ0) is 12.9. The zero-order valence-corrected chi connectivity index (χ0v) is 8.40. The molecule has 8 nitrogen and oxygen atoms in total. The first kappa shape index (κ1) is 14.5. The topological polar surface area (TPSA) is 144 Å². The van der Waals surface area contributed by atoms with Crippen LogP contribution < -0.4 is 5.32 Å². The summed E-state index contributed by atoms with van der Waals surface area (Å²) in [6, 6.07) is -1.48. The minimum absolute atomic E-state index is 0.129. The maximum atomic E-state index is 10.6. The first-order chi connectivity index (χ1) is 7.31. The third-order valence-electron chi connectivity index (χ3n) is 1.81. The highest BCUT2D eigenvalue weighted by atomic mass is 16.4. The van der Waals surface area contributed by atoms with E-state index in [4.69, 9.17) is 10.2 Å². The maximum Gasteiger partial charge on any atom is 0.335 e. The number of hydrogen-bond acceptors (Lipinski definition) is 6. The molecule has 0 radical (unpaired) electrons. The second-order valence-electron chi connectivity index (χ2n) is 3.13. The van der Waals surface area contributed by atoms with Crippen LogP contribution in [0.4, 0.5) is 0 Å². The number of carbonyl (C=O) groups excluding carboxylic acids is 2. The molecule has 8 heteroatoms. The van der Waals surface area contributed by atoms with Gasteiger partial charge in [0.15, 0.2) is 6.10 Å². The molecule has 0 aliphatic carbocycles. The van der Waals surface area contributed by atoms with Crippen LogP contribution in [0.2, 0.25) is 0 Å². The summed E-state index contributed by atoms with van der Waals surface area (Å²) in [5, 5.41) is 37.7. The van der Waals surface area contributed by atoms with Gasteiger partial charge in [0, 0.05) is 6.92 Å². The van der Waals surface area contributed by atoms with Crippen LogP contribution in [0.15, 0.2) is 0 Å². The first-order valence-corrected chi connectivity index (χ1v) is 4.30. The fourth-order valence-corrected chi connectivity index (χ4v) is 0.980. The molecule has 0 heterocycles. The molecule has 0 aromatic heterocycles. The summed E-state index contributed by atoms with van der Waals surface area (Å²) in [7, 11) is 0. The summed E-state index contributed by atoms with van der Waals surface area (Å²) in [6.45, 7) is 1.07. The molecule has 0 fully saturated rings. The number of nitrogens with one attached hydrogen (secondary N) is 1. The third kappa shape index (κ3) is 3.93. The van der Waals surface area contributed by atoms with Crippen molar-refractivity contribution in [2.75, 3.05) is 0 Å². The molecule has 5 N–H and O–H groups in total. The van der Waals surface area contributed by atoms with Crippen LogP contribution in [-0.4, -0.2) is 62.9 Å². The average molecular weight is 235 g/mol. The van der Waals surface area contributed by atoms with Crippen molar-refractivity contribution in [2.45, 2.75) is 31.3 Å². The Morgan fingerprint density at radius 2 is 1.69 bits per heavy atom. The lowest BCUT2D eigenvalue weighted by Gasteiger charge is -2.24. The molecule has 0 rings (SSSR count). The molecule has 0 saturated heterocycles. The molecule has 92 valence electrons. The minimum Gasteiger partial charge on any atom is -0.479 e. The summed E-state index contributed by atoms with van der Waals surface area (Å²) in [4.78, 5) is 31.3. The van der Waals surface area contributed by atoms with Gasteiger partial charge in [0.2, 0.25) is 5.91 Å². The Labute approximate surface area is 90.5 Å². The van der Waals surface area contributed by atoms with Crippen LogP contribution in [0.25, 0.3) is 0 Å². The van der Waals surface area contributed by atoms with E-state index in [1.807, 2.05) is 5.32 Å². The van der Waals surface area contributed by atoms with Crippen LogP contribution in [0.1, 0.15) is 6.92 Å². The third-order valence-corrected chi connectivity index (χ3v) is 1.81. The quantitative estimate of drug-likeness (QED) is 0.306. The number of carbonyl (C=O) groups is 3. The molecule has 0 saturated carbocycles. The molecule has 0 spiro atoms. The van der Waals surface area contributed by atoms with Crippen molar-refractivity contribution in [3.8, 4) is 0 Å². The van der Waals surface area contributed by atoms with Gasteiger partial charge in [-0.25, -0.2) is 4.79 Å². The summed E-state index contributed by atoms with van der Waals surface area (Å²) in [6.07, 6.45) is -6.11. The van der Waals surface area contributed by atoms with Crippen LogP contribution in [-0.2, 0) is 14.4 Å². The fourth-order valence-electron chi connectivity index (χ4n) is 0.980. The largest absolute Gasteiger partial charge is 0.479 e. The van der Waals surface area contributed by atoms with Crippen molar-refractivity contribution in [1.29, 1.82) is 0 Å². The standard InChI is InChI=1S/C8H13NO7/c1-3(11)9-4(2-10)5(12)6(13)7(14)8(15)16/h2,4-7,12-14H,1H3,(H,9,11)(H,15,16)/t4-,5-,6+,7-/m1/s1. The molecule has 0 aliphatic heterocycles. The molecule has 1 amide bonds. The van der Waals surface area contributed by atoms with Gasteiger partial charge in [-0.05, 0) is 0 Å². The van der Waals surface area contributed by atoms with E-state index in [1.165, 1.54) is 0 Å². The van der Waals surface area contributed by atoms with Gasteiger partial charge < -0.3 is 30.5 Å². The molecule has 0 aromatic carbocycles. The highest BCUT2D eigenvalue weighted by Gasteiger charge is 2.35. The molecule has 0 unspecified atom stereocenters. The zero-order valence-electron chi connectivity index (χ0n) is 8.40. The molecule has 0 aromatic rings. The van der Waals surface area contributed by atoms with Gasteiger partial charge >= 0.3 is 5.97 Å². The second kappa shape index (κ2) is 6.16. The summed E-state index contributed by atoms with van der Waals surface area (Å²) >= 11 is 0. The lowest BCUT2D eigenvalue weighted by atomic mass is 10.0. The van der Waals surface area contributed by atoms with E-state index in [1.54, 1.807) is 0 Å². The van der Waals surface area contributed by atoms with Crippen molar-refractivity contribution >= 4 is 18.2 Å². The molecule has 0 bridgehead atoms. The van der Waals surface area contributed by atoms with E-state index in [0.717, 1.165) is 6.92 Å². The number of hydrogen-bond donors (Lipinski definition) is 5. The predicted molar refractivity (Wildman–Crippen MR) is 49.3 cm³/mol. The smallest absolute Gasteiger partial charge is 0.335 e. The Hall–Kier alpha value is -1.51. The monoisotopic (exact) mass is 235 g/mol. The Bertz CT molecular complexity index is 280. The lowest BCUT2D eigenvalue weighted by molar-refractivity contribution is -0.159. The average Bonchev–Trinajstić information content (AvgIpc) is 2.22. The van der Waals surface area contributed by atoms with Crippen molar-refractivity contribution in [3.63, 3.8) is 0 Å². The van der Waals surface area contributed by atoms with Gasteiger partial charge in [-0.15, -0.1) is 0 Å². The second-order valence-corrected chi connectivity index (χ2v) is 3.13. The fraction of sp³-hybridized carbons (Fsp3) is 0.625. The number of rotatable bonds is 6. The molecular weight excluding hydrogens is 222 g/mol. The predicted octanol–water partition coefficient (Wildman–Crippen LogP) is -3.14. The summed E-state index contributed by atoms with van der Waals surface area (Å²) < 4.78 is 0. The summed E-state index contributed by atoms with van der Waals surface area (Å²) in [5.74, 6) is -2.40. The van der Waals surface area contributed by atoms with E-state index in [-0.39, 0.29) is 6.29 Å². The van der Waals surface area contributed by atoms with Crippen LogP contribution in [0.3, 0.4) is 0 Å². The number of aliphatic carboxylic acids is 1. The molecule has 4 atom stereocenters. The number of aldehydes is 1. The van der Waals surface area contributed by atoms with Crippen LogP contribution >= 0.6 is 0 Å². The number of aliphatic hydroxyl groups is 3. The van der Waals surface area contributed by atoms with Gasteiger partial charge in [0.05, 0.1) is 0 Å².